The minimum absolute atomic E-state index is 0.123. The second kappa shape index (κ2) is 11.2. The molecule has 0 unspecified atom stereocenters. The Morgan fingerprint density at radius 3 is 2.59 bits per heavy atom. The highest BCUT2D eigenvalue weighted by Crippen LogP contribution is 2.35. The third-order valence-corrected chi connectivity index (χ3v) is 4.25. The number of hydrogen-bond donors (Lipinski definition) is 4. The SMILES string of the molecule is C=CC(=N)c1c(C(C)(C)C#N)cc(N2CCOCC2)nc1/N=C(N)\C=C/N.CS. The lowest BCUT2D eigenvalue weighted by molar-refractivity contribution is 0.122. The molecule has 0 aromatic carbocycles. The van der Waals surface area contributed by atoms with Crippen molar-refractivity contribution in [2.75, 3.05) is 37.5 Å². The first kappa shape index (κ1) is 24.2. The summed E-state index contributed by atoms with van der Waals surface area (Å²) < 4.78 is 5.41. The molecule has 0 saturated carbocycles. The van der Waals surface area contributed by atoms with Crippen molar-refractivity contribution in [2.24, 2.45) is 16.5 Å². The quantitative estimate of drug-likeness (QED) is 0.319. The zero-order valence-electron chi connectivity index (χ0n) is 17.1. The third kappa shape index (κ3) is 6.07. The minimum atomic E-state index is -0.864. The predicted octanol–water partition coefficient (Wildman–Crippen LogP) is 2.28. The van der Waals surface area contributed by atoms with E-state index in [2.05, 4.69) is 40.2 Å². The molecule has 0 spiro atoms. The summed E-state index contributed by atoms with van der Waals surface area (Å²) in [6.45, 7) is 9.82. The van der Waals surface area contributed by atoms with E-state index in [4.69, 9.17) is 21.6 Å². The number of nitrogens with one attached hydrogen (secondary N) is 1. The third-order valence-electron chi connectivity index (χ3n) is 4.25. The lowest BCUT2D eigenvalue weighted by Gasteiger charge is -2.30. The van der Waals surface area contributed by atoms with Gasteiger partial charge in [-0.1, -0.05) is 6.58 Å². The van der Waals surface area contributed by atoms with Gasteiger partial charge in [0.1, 0.15) is 11.7 Å². The van der Waals surface area contributed by atoms with Crippen molar-refractivity contribution in [3.05, 3.63) is 42.1 Å². The van der Waals surface area contributed by atoms with E-state index >= 15 is 0 Å². The Bertz CT molecular complexity index is 834. The molecule has 8 nitrogen and oxygen atoms in total. The van der Waals surface area contributed by atoms with E-state index in [0.717, 1.165) is 0 Å². The fourth-order valence-electron chi connectivity index (χ4n) is 2.73. The highest BCUT2D eigenvalue weighted by molar-refractivity contribution is 7.79. The molecular formula is C20H29N7OS. The van der Waals surface area contributed by atoms with Gasteiger partial charge >= 0.3 is 0 Å². The van der Waals surface area contributed by atoms with Gasteiger partial charge < -0.3 is 26.5 Å². The van der Waals surface area contributed by atoms with Gasteiger partial charge in [0.25, 0.3) is 0 Å². The number of pyridine rings is 1. The van der Waals surface area contributed by atoms with Crippen molar-refractivity contribution in [3.8, 4) is 6.07 Å². The summed E-state index contributed by atoms with van der Waals surface area (Å²) in [6.07, 6.45) is 5.82. The van der Waals surface area contributed by atoms with E-state index in [-0.39, 0.29) is 17.4 Å². The lowest BCUT2D eigenvalue weighted by atomic mass is 9.82. The normalized spacial score (nSPS) is 14.7. The maximum atomic E-state index is 9.70. The second-order valence-electron chi connectivity index (χ2n) is 6.58. The number of allylic oxidation sites excluding steroid dienone is 1. The molecule has 2 rings (SSSR count). The predicted molar refractivity (Wildman–Crippen MR) is 122 cm³/mol. The minimum Gasteiger partial charge on any atom is -0.404 e. The fourth-order valence-corrected chi connectivity index (χ4v) is 2.73. The Labute approximate surface area is 177 Å². The van der Waals surface area contributed by atoms with Crippen LogP contribution < -0.4 is 16.4 Å². The Morgan fingerprint density at radius 2 is 2.07 bits per heavy atom. The van der Waals surface area contributed by atoms with Crippen LogP contribution in [0.5, 0.6) is 0 Å². The van der Waals surface area contributed by atoms with E-state index in [1.54, 1.807) is 20.1 Å². The van der Waals surface area contributed by atoms with E-state index in [9.17, 15) is 5.26 Å². The number of nitrogens with two attached hydrogens (primary N) is 2. The van der Waals surface area contributed by atoms with E-state index in [1.165, 1.54) is 18.4 Å². The molecule has 9 heteroatoms. The number of nitrogens with zero attached hydrogens (tertiary/aromatic N) is 4. The Kier molecular flexibility index (Phi) is 9.38. The van der Waals surface area contributed by atoms with Crippen LogP contribution >= 0.6 is 12.6 Å². The van der Waals surface area contributed by atoms with E-state index in [0.29, 0.717) is 43.2 Å². The van der Waals surface area contributed by atoms with Crippen LogP contribution in [0.2, 0.25) is 0 Å². The highest BCUT2D eigenvalue weighted by atomic mass is 32.1. The van der Waals surface area contributed by atoms with Crippen molar-refractivity contribution in [3.63, 3.8) is 0 Å². The van der Waals surface area contributed by atoms with Crippen LogP contribution in [0.4, 0.5) is 11.6 Å². The topological polar surface area (TPSA) is 137 Å². The summed E-state index contributed by atoms with van der Waals surface area (Å²) in [6, 6.07) is 4.14. The highest BCUT2D eigenvalue weighted by Gasteiger charge is 2.29. The van der Waals surface area contributed by atoms with Crippen molar-refractivity contribution in [2.45, 2.75) is 19.3 Å². The standard InChI is InChI=1S/C19H25N7O.CH4S/c1-4-14(22)17-13(19(2,3)12-21)11-16(26-7-9-27-10-8-26)25-18(17)24-15(23)5-6-20;1-2/h4-6,11,22H,1,7-10,20H2,2-3H3,(H2,23,24,25);2H,1H3/b6-5-,22-14?;. The van der Waals surface area contributed by atoms with Crippen LogP contribution in [0, 0.1) is 16.7 Å². The van der Waals surface area contributed by atoms with E-state index < -0.39 is 5.41 Å². The van der Waals surface area contributed by atoms with Crippen molar-refractivity contribution in [1.82, 2.24) is 4.98 Å². The maximum absolute atomic E-state index is 9.70. The van der Waals surface area contributed by atoms with Crippen LogP contribution in [0.25, 0.3) is 0 Å². The van der Waals surface area contributed by atoms with E-state index in [1.807, 2.05) is 6.07 Å². The average molecular weight is 416 g/mol. The molecule has 1 aromatic rings. The van der Waals surface area contributed by atoms with Crippen molar-refractivity contribution >= 4 is 35.8 Å². The molecule has 0 aliphatic carbocycles. The van der Waals surface area contributed by atoms with Crippen LogP contribution in [0.1, 0.15) is 25.0 Å². The molecule has 1 fully saturated rings. The van der Waals surface area contributed by atoms with Crippen LogP contribution in [-0.4, -0.2) is 49.1 Å². The number of thiol groups is 1. The second-order valence-corrected chi connectivity index (χ2v) is 6.58. The first-order chi connectivity index (χ1) is 13.8. The van der Waals surface area contributed by atoms with Crippen LogP contribution in [0.3, 0.4) is 0 Å². The number of ether oxygens (including phenoxy) is 1. The molecule has 5 N–H and O–H groups in total. The van der Waals surface area contributed by atoms with Gasteiger partial charge in [-0.05, 0) is 50.1 Å². The molecule has 0 amide bonds. The molecule has 0 atom stereocenters. The summed E-state index contributed by atoms with van der Waals surface area (Å²) in [4.78, 5) is 11.0. The van der Waals surface area contributed by atoms with Gasteiger partial charge in [-0.25, -0.2) is 9.98 Å². The molecule has 1 aliphatic heterocycles. The summed E-state index contributed by atoms with van der Waals surface area (Å²) in [5, 5.41) is 18.0. The largest absolute Gasteiger partial charge is 0.404 e. The van der Waals surface area contributed by atoms with Crippen molar-refractivity contribution < 1.29 is 4.74 Å². The Balaban J connectivity index is 0.00000204. The molecule has 156 valence electrons. The van der Waals surface area contributed by atoms with Gasteiger partial charge in [-0.3, -0.25) is 0 Å². The van der Waals surface area contributed by atoms with Gasteiger partial charge in [0.2, 0.25) is 0 Å². The monoisotopic (exact) mass is 415 g/mol. The summed E-state index contributed by atoms with van der Waals surface area (Å²) in [7, 11) is 0. The van der Waals surface area contributed by atoms with Crippen LogP contribution in [-0.2, 0) is 10.2 Å². The Hall–Kier alpha value is -2.83. The number of anilines is 1. The lowest BCUT2D eigenvalue weighted by Crippen LogP contribution is -2.37. The van der Waals surface area contributed by atoms with Gasteiger partial charge in [-0.15, -0.1) is 0 Å². The molecule has 2 heterocycles. The fraction of sp³-hybridized carbons (Fsp3) is 0.400. The molecule has 1 saturated heterocycles. The molecule has 0 bridgehead atoms. The first-order valence-electron chi connectivity index (χ1n) is 9.02. The number of nitriles is 1. The molecule has 1 aromatic heterocycles. The number of aromatic nitrogens is 1. The zero-order valence-corrected chi connectivity index (χ0v) is 18.0. The molecule has 1 aliphatic rings. The average Bonchev–Trinajstić information content (AvgIpc) is 2.74. The molecular weight excluding hydrogens is 386 g/mol. The Morgan fingerprint density at radius 1 is 1.45 bits per heavy atom. The number of rotatable bonds is 6. The first-order valence-corrected chi connectivity index (χ1v) is 9.91. The van der Waals surface area contributed by atoms with Crippen molar-refractivity contribution in [1.29, 1.82) is 10.7 Å². The maximum Gasteiger partial charge on any atom is 0.166 e. The summed E-state index contributed by atoms with van der Waals surface area (Å²) in [5.74, 6) is 1.08. The number of amidine groups is 1. The number of hydrogen-bond acceptors (Lipinski definition) is 8. The summed E-state index contributed by atoms with van der Waals surface area (Å²) in [5.41, 5.74) is 11.6. The van der Waals surface area contributed by atoms with Gasteiger partial charge in [-0.2, -0.15) is 17.9 Å². The number of morpholine rings is 1. The van der Waals surface area contributed by atoms with Crippen LogP contribution in [0.15, 0.2) is 36.0 Å². The number of aliphatic imine (C=N–C) groups is 1. The van der Waals surface area contributed by atoms with Gasteiger partial charge in [0.15, 0.2) is 5.82 Å². The summed E-state index contributed by atoms with van der Waals surface area (Å²) >= 11 is 3.53. The van der Waals surface area contributed by atoms with Gasteiger partial charge in [0, 0.05) is 18.7 Å². The smallest absolute Gasteiger partial charge is 0.166 e. The molecule has 0 radical (unpaired) electrons. The zero-order chi connectivity index (χ0) is 22.0. The molecule has 29 heavy (non-hydrogen) atoms. The van der Waals surface area contributed by atoms with Gasteiger partial charge in [0.05, 0.1) is 30.4 Å².